The average Bonchev–Trinajstić information content (AvgIpc) is 2.68. The van der Waals surface area contributed by atoms with Gasteiger partial charge in [0.25, 0.3) is 0 Å². The molecule has 0 bridgehead atoms. The van der Waals surface area contributed by atoms with Gasteiger partial charge >= 0.3 is 5.82 Å². The SMILES string of the molecule is Cn1nc([N+](=O)[O-])c(CO)c1Cc1ccccc1. The fourth-order valence-corrected chi connectivity index (χ4v) is 1.91. The summed E-state index contributed by atoms with van der Waals surface area (Å²) >= 11 is 0. The van der Waals surface area contributed by atoms with E-state index in [2.05, 4.69) is 5.10 Å². The molecule has 0 aliphatic heterocycles. The maximum atomic E-state index is 10.8. The van der Waals surface area contributed by atoms with Gasteiger partial charge in [-0.15, -0.1) is 0 Å². The molecule has 1 aromatic heterocycles. The molecule has 0 aliphatic carbocycles. The molecule has 0 radical (unpaired) electrons. The largest absolute Gasteiger partial charge is 0.395 e. The smallest absolute Gasteiger partial charge is 0.391 e. The second-order valence-corrected chi connectivity index (χ2v) is 3.95. The first-order valence-corrected chi connectivity index (χ1v) is 5.47. The lowest BCUT2D eigenvalue weighted by atomic mass is 10.1. The molecule has 0 atom stereocenters. The van der Waals surface area contributed by atoms with Crippen LogP contribution < -0.4 is 0 Å². The van der Waals surface area contributed by atoms with E-state index >= 15 is 0 Å². The van der Waals surface area contributed by atoms with E-state index in [1.807, 2.05) is 30.3 Å². The van der Waals surface area contributed by atoms with Crippen molar-refractivity contribution in [1.82, 2.24) is 9.78 Å². The summed E-state index contributed by atoms with van der Waals surface area (Å²) in [4.78, 5) is 10.2. The second-order valence-electron chi connectivity index (χ2n) is 3.95. The predicted octanol–water partition coefficient (Wildman–Crippen LogP) is 1.41. The van der Waals surface area contributed by atoms with Crippen LogP contribution in [-0.2, 0) is 20.1 Å². The molecule has 1 N–H and O–H groups in total. The molecule has 0 aliphatic rings. The summed E-state index contributed by atoms with van der Waals surface area (Å²) in [6, 6.07) is 9.57. The lowest BCUT2D eigenvalue weighted by molar-refractivity contribution is -0.390. The van der Waals surface area contributed by atoms with Crippen LogP contribution in [0.4, 0.5) is 5.82 Å². The zero-order valence-electron chi connectivity index (χ0n) is 9.91. The van der Waals surface area contributed by atoms with Crippen molar-refractivity contribution in [3.05, 3.63) is 57.3 Å². The van der Waals surface area contributed by atoms with Crippen LogP contribution in [-0.4, -0.2) is 19.8 Å². The lowest BCUT2D eigenvalue weighted by Gasteiger charge is -2.02. The highest BCUT2D eigenvalue weighted by Crippen LogP contribution is 2.23. The van der Waals surface area contributed by atoms with E-state index in [1.165, 1.54) is 4.68 Å². The molecular weight excluding hydrogens is 234 g/mol. The first-order valence-electron chi connectivity index (χ1n) is 5.47. The van der Waals surface area contributed by atoms with Crippen molar-refractivity contribution >= 4 is 5.82 Å². The molecule has 1 heterocycles. The highest BCUT2D eigenvalue weighted by atomic mass is 16.6. The Morgan fingerprint density at radius 3 is 2.61 bits per heavy atom. The van der Waals surface area contributed by atoms with Crippen LogP contribution in [0.15, 0.2) is 30.3 Å². The van der Waals surface area contributed by atoms with Gasteiger partial charge in [0, 0.05) is 6.42 Å². The van der Waals surface area contributed by atoms with Gasteiger partial charge in [0.15, 0.2) is 0 Å². The normalized spacial score (nSPS) is 10.6. The number of hydrogen-bond acceptors (Lipinski definition) is 4. The fourth-order valence-electron chi connectivity index (χ4n) is 1.91. The highest BCUT2D eigenvalue weighted by molar-refractivity contribution is 5.38. The Hall–Kier alpha value is -2.21. The average molecular weight is 247 g/mol. The van der Waals surface area contributed by atoms with Gasteiger partial charge in [0.2, 0.25) is 0 Å². The number of nitrogens with zero attached hydrogens (tertiary/aromatic N) is 3. The minimum atomic E-state index is -0.569. The summed E-state index contributed by atoms with van der Waals surface area (Å²) in [5, 5.41) is 23.9. The van der Waals surface area contributed by atoms with Gasteiger partial charge in [0.1, 0.15) is 5.56 Å². The van der Waals surface area contributed by atoms with E-state index in [4.69, 9.17) is 0 Å². The third-order valence-corrected chi connectivity index (χ3v) is 2.80. The van der Waals surface area contributed by atoms with Crippen LogP contribution in [0.5, 0.6) is 0 Å². The van der Waals surface area contributed by atoms with Crippen LogP contribution in [0.3, 0.4) is 0 Å². The third kappa shape index (κ3) is 2.23. The third-order valence-electron chi connectivity index (χ3n) is 2.80. The molecule has 2 aromatic rings. The number of aryl methyl sites for hydroxylation is 1. The maximum Gasteiger partial charge on any atom is 0.395 e. The summed E-state index contributed by atoms with van der Waals surface area (Å²) in [6.07, 6.45) is 0.508. The number of aromatic nitrogens is 2. The predicted molar refractivity (Wildman–Crippen MR) is 65.0 cm³/mol. The summed E-state index contributed by atoms with van der Waals surface area (Å²) in [6.45, 7) is -0.383. The summed E-state index contributed by atoms with van der Waals surface area (Å²) in [7, 11) is 1.64. The summed E-state index contributed by atoms with van der Waals surface area (Å²) in [5.41, 5.74) is 1.96. The van der Waals surface area contributed by atoms with Crippen molar-refractivity contribution in [3.8, 4) is 0 Å². The molecule has 0 fully saturated rings. The number of nitro groups is 1. The van der Waals surface area contributed by atoms with E-state index in [-0.39, 0.29) is 18.0 Å². The summed E-state index contributed by atoms with van der Waals surface area (Å²) in [5.74, 6) is -0.272. The van der Waals surface area contributed by atoms with Crippen molar-refractivity contribution in [2.24, 2.45) is 7.05 Å². The molecular formula is C12H13N3O3. The Balaban J connectivity index is 2.41. The number of benzene rings is 1. The van der Waals surface area contributed by atoms with E-state index in [1.54, 1.807) is 7.05 Å². The van der Waals surface area contributed by atoms with Gasteiger partial charge in [-0.25, -0.2) is 0 Å². The molecule has 6 heteroatoms. The minimum absolute atomic E-state index is 0.272. The van der Waals surface area contributed by atoms with Gasteiger partial charge in [-0.05, 0) is 10.5 Å². The van der Waals surface area contributed by atoms with E-state index in [9.17, 15) is 15.2 Å². The molecule has 0 amide bonds. The quantitative estimate of drug-likeness (QED) is 0.654. The fraction of sp³-hybridized carbons (Fsp3) is 0.250. The van der Waals surface area contributed by atoms with Crippen LogP contribution in [0.2, 0.25) is 0 Å². The lowest BCUT2D eigenvalue weighted by Crippen LogP contribution is -2.01. The number of hydrogen-bond donors (Lipinski definition) is 1. The molecule has 0 unspecified atom stereocenters. The molecule has 6 nitrogen and oxygen atoms in total. The van der Waals surface area contributed by atoms with E-state index in [0.29, 0.717) is 12.1 Å². The maximum absolute atomic E-state index is 10.8. The Bertz CT molecular complexity index is 563. The first-order chi connectivity index (χ1) is 8.63. The topological polar surface area (TPSA) is 81.2 Å². The summed E-state index contributed by atoms with van der Waals surface area (Å²) < 4.78 is 1.46. The Kier molecular flexibility index (Phi) is 3.38. The van der Waals surface area contributed by atoms with Crippen LogP contribution >= 0.6 is 0 Å². The van der Waals surface area contributed by atoms with Crippen molar-refractivity contribution in [2.45, 2.75) is 13.0 Å². The van der Waals surface area contributed by atoms with Gasteiger partial charge < -0.3 is 15.2 Å². The van der Waals surface area contributed by atoms with Crippen LogP contribution in [0.25, 0.3) is 0 Å². The van der Waals surface area contributed by atoms with Gasteiger partial charge in [-0.2, -0.15) is 4.68 Å². The number of rotatable bonds is 4. The molecule has 94 valence electrons. The van der Waals surface area contributed by atoms with Crippen molar-refractivity contribution in [3.63, 3.8) is 0 Å². The molecule has 0 saturated carbocycles. The Morgan fingerprint density at radius 1 is 1.39 bits per heavy atom. The Morgan fingerprint density at radius 2 is 2.06 bits per heavy atom. The van der Waals surface area contributed by atoms with Gasteiger partial charge in [-0.1, -0.05) is 30.3 Å². The first kappa shape index (κ1) is 12.3. The molecule has 0 spiro atoms. The zero-order chi connectivity index (χ0) is 13.1. The van der Waals surface area contributed by atoms with Crippen LogP contribution in [0.1, 0.15) is 16.8 Å². The molecule has 2 rings (SSSR count). The molecule has 18 heavy (non-hydrogen) atoms. The van der Waals surface area contributed by atoms with E-state index < -0.39 is 4.92 Å². The van der Waals surface area contributed by atoms with E-state index in [0.717, 1.165) is 5.56 Å². The highest BCUT2D eigenvalue weighted by Gasteiger charge is 2.25. The standard InChI is InChI=1S/C12H13N3O3/c1-14-11(7-9-5-3-2-4-6-9)10(8-16)12(13-14)15(17)18/h2-6,16H,7-8H2,1H3. The van der Waals surface area contributed by atoms with Crippen molar-refractivity contribution in [2.75, 3.05) is 0 Å². The van der Waals surface area contributed by atoms with Crippen molar-refractivity contribution in [1.29, 1.82) is 0 Å². The Labute approximate surface area is 104 Å². The van der Waals surface area contributed by atoms with Gasteiger partial charge in [0.05, 0.1) is 24.4 Å². The molecule has 0 saturated heterocycles. The second kappa shape index (κ2) is 4.97. The van der Waals surface area contributed by atoms with Crippen molar-refractivity contribution < 1.29 is 10.0 Å². The van der Waals surface area contributed by atoms with Gasteiger partial charge in [-0.3, -0.25) is 0 Å². The number of aliphatic hydroxyl groups is 1. The zero-order valence-corrected chi connectivity index (χ0v) is 9.91. The van der Waals surface area contributed by atoms with Crippen LogP contribution in [0, 0.1) is 10.1 Å². The number of aliphatic hydroxyl groups excluding tert-OH is 1. The minimum Gasteiger partial charge on any atom is -0.391 e. The monoisotopic (exact) mass is 247 g/mol. The molecule has 1 aromatic carbocycles.